The Bertz CT molecular complexity index is 1080. The highest BCUT2D eigenvalue weighted by atomic mass is 16.5. The Morgan fingerprint density at radius 3 is 2.33 bits per heavy atom. The number of carbonyl (C=O) groups excluding carboxylic acids is 2. The first-order chi connectivity index (χ1) is 17.5. The fraction of sp³-hybridized carbons (Fsp3) is 0.429. The predicted octanol–water partition coefficient (Wildman–Crippen LogP) is 4.73. The lowest BCUT2D eigenvalue weighted by Gasteiger charge is -2.26. The Morgan fingerprint density at radius 2 is 1.69 bits per heavy atom. The van der Waals surface area contributed by atoms with Crippen LogP contribution < -0.4 is 14.2 Å². The number of ketones is 1. The van der Waals surface area contributed by atoms with Crippen LogP contribution in [-0.2, 0) is 14.3 Å². The second kappa shape index (κ2) is 13.0. The van der Waals surface area contributed by atoms with Crippen molar-refractivity contribution < 1.29 is 33.6 Å². The Labute approximate surface area is 212 Å². The van der Waals surface area contributed by atoms with E-state index in [1.54, 1.807) is 50.6 Å². The normalized spacial score (nSPS) is 16.9. The summed E-state index contributed by atoms with van der Waals surface area (Å²) in [6.45, 7) is 5.68. The Kier molecular flexibility index (Phi) is 9.76. The summed E-state index contributed by atoms with van der Waals surface area (Å²) in [5.74, 6) is 0.109. The van der Waals surface area contributed by atoms with E-state index in [1.165, 1.54) is 4.90 Å². The van der Waals surface area contributed by atoms with Crippen LogP contribution in [0.5, 0.6) is 17.2 Å². The maximum absolute atomic E-state index is 13.2. The first-order valence-corrected chi connectivity index (χ1v) is 12.3. The number of unbranched alkanes of at least 4 members (excludes halogenated alkanes) is 1. The molecule has 0 aromatic heterocycles. The fourth-order valence-electron chi connectivity index (χ4n) is 4.15. The van der Waals surface area contributed by atoms with Crippen LogP contribution in [-0.4, -0.2) is 62.3 Å². The Morgan fingerprint density at radius 1 is 0.944 bits per heavy atom. The summed E-state index contributed by atoms with van der Waals surface area (Å²) in [5.41, 5.74) is 1.10. The largest absolute Gasteiger partial charge is 0.507 e. The molecule has 0 aliphatic carbocycles. The van der Waals surface area contributed by atoms with Crippen LogP contribution in [0.4, 0.5) is 0 Å². The van der Waals surface area contributed by atoms with Crippen LogP contribution in [0.2, 0.25) is 0 Å². The summed E-state index contributed by atoms with van der Waals surface area (Å²) in [7, 11) is 3.13. The lowest BCUT2D eigenvalue weighted by atomic mass is 9.95. The number of ether oxygens (including phenoxy) is 4. The van der Waals surface area contributed by atoms with Gasteiger partial charge in [0.15, 0.2) is 11.5 Å². The van der Waals surface area contributed by atoms with E-state index < -0.39 is 17.7 Å². The van der Waals surface area contributed by atoms with Gasteiger partial charge < -0.3 is 29.0 Å². The van der Waals surface area contributed by atoms with Crippen LogP contribution in [0.15, 0.2) is 48.0 Å². The quantitative estimate of drug-likeness (QED) is 0.185. The maximum atomic E-state index is 13.2. The Hall–Kier alpha value is -3.52. The SMILES string of the molecule is CCCCOc1ccc(C2C(=C(O)c3ccc(OC)cc3)C(=O)C(=O)N2CCCOC)cc1OCC. The number of amides is 1. The van der Waals surface area contributed by atoms with Crippen molar-refractivity contribution in [1.82, 2.24) is 4.90 Å². The molecule has 1 aliphatic heterocycles. The fourth-order valence-corrected chi connectivity index (χ4v) is 4.15. The third kappa shape index (κ3) is 5.99. The van der Waals surface area contributed by atoms with Gasteiger partial charge in [0.1, 0.15) is 11.5 Å². The molecule has 0 saturated carbocycles. The van der Waals surface area contributed by atoms with Crippen molar-refractivity contribution in [3.63, 3.8) is 0 Å². The molecule has 1 amide bonds. The van der Waals surface area contributed by atoms with Crippen molar-refractivity contribution in [3.05, 3.63) is 59.2 Å². The van der Waals surface area contributed by atoms with Crippen molar-refractivity contribution >= 4 is 17.4 Å². The number of aliphatic hydroxyl groups is 1. The van der Waals surface area contributed by atoms with Gasteiger partial charge in [0.2, 0.25) is 0 Å². The molecule has 3 rings (SSSR count). The van der Waals surface area contributed by atoms with Crippen molar-refractivity contribution in [3.8, 4) is 17.2 Å². The first-order valence-electron chi connectivity index (χ1n) is 12.3. The molecule has 8 nitrogen and oxygen atoms in total. The van der Waals surface area contributed by atoms with Gasteiger partial charge >= 0.3 is 0 Å². The highest BCUT2D eigenvalue weighted by Gasteiger charge is 2.46. The van der Waals surface area contributed by atoms with E-state index >= 15 is 0 Å². The van der Waals surface area contributed by atoms with Crippen molar-refractivity contribution in [2.24, 2.45) is 0 Å². The van der Waals surface area contributed by atoms with Crippen LogP contribution in [0.25, 0.3) is 5.76 Å². The van der Waals surface area contributed by atoms with Crippen molar-refractivity contribution in [2.45, 2.75) is 39.2 Å². The minimum absolute atomic E-state index is 0.0321. The monoisotopic (exact) mass is 497 g/mol. The van der Waals surface area contributed by atoms with E-state index in [9.17, 15) is 14.7 Å². The third-order valence-corrected chi connectivity index (χ3v) is 5.99. The van der Waals surface area contributed by atoms with Crippen LogP contribution in [0, 0.1) is 0 Å². The van der Waals surface area contributed by atoms with Gasteiger partial charge in [-0.15, -0.1) is 0 Å². The second-order valence-electron chi connectivity index (χ2n) is 8.41. The molecule has 1 N–H and O–H groups in total. The van der Waals surface area contributed by atoms with E-state index in [0.717, 1.165) is 12.8 Å². The number of Topliss-reactive ketones (excluding diaryl/α,β-unsaturated/α-hetero) is 1. The molecule has 1 saturated heterocycles. The van der Waals surface area contributed by atoms with Gasteiger partial charge in [-0.2, -0.15) is 0 Å². The minimum Gasteiger partial charge on any atom is -0.507 e. The standard InChI is InChI=1S/C28H35NO7/c1-5-7-17-36-22-14-11-20(18-23(22)35-6-2)25-24(26(30)19-9-12-21(34-4)13-10-19)27(31)28(32)29(25)15-8-16-33-3/h9-14,18,25,30H,5-8,15-17H2,1-4H3. The molecule has 36 heavy (non-hydrogen) atoms. The molecule has 1 atom stereocenters. The van der Waals surface area contributed by atoms with E-state index in [0.29, 0.717) is 61.2 Å². The summed E-state index contributed by atoms with van der Waals surface area (Å²) in [5, 5.41) is 11.2. The molecule has 8 heteroatoms. The molecule has 0 spiro atoms. The molecule has 0 bridgehead atoms. The number of rotatable bonds is 13. The van der Waals surface area contributed by atoms with Crippen molar-refractivity contribution in [1.29, 1.82) is 0 Å². The molecule has 1 heterocycles. The highest BCUT2D eigenvalue weighted by molar-refractivity contribution is 6.46. The van der Waals surface area contributed by atoms with E-state index in [1.807, 2.05) is 13.0 Å². The zero-order chi connectivity index (χ0) is 26.1. The number of methoxy groups -OCH3 is 2. The van der Waals surface area contributed by atoms with Crippen LogP contribution >= 0.6 is 0 Å². The Balaban J connectivity index is 2.10. The molecular weight excluding hydrogens is 462 g/mol. The third-order valence-electron chi connectivity index (χ3n) is 5.99. The summed E-state index contributed by atoms with van der Waals surface area (Å²) in [4.78, 5) is 27.8. The van der Waals surface area contributed by atoms with Gasteiger partial charge in [0, 0.05) is 25.8 Å². The highest BCUT2D eigenvalue weighted by Crippen LogP contribution is 2.42. The molecule has 1 unspecified atom stereocenters. The molecule has 0 radical (unpaired) electrons. The zero-order valence-electron chi connectivity index (χ0n) is 21.4. The minimum atomic E-state index is -0.784. The maximum Gasteiger partial charge on any atom is 0.295 e. The summed E-state index contributed by atoms with van der Waals surface area (Å²) >= 11 is 0. The summed E-state index contributed by atoms with van der Waals surface area (Å²) in [6.07, 6.45) is 2.46. The van der Waals surface area contributed by atoms with E-state index in [4.69, 9.17) is 18.9 Å². The zero-order valence-corrected chi connectivity index (χ0v) is 21.4. The second-order valence-corrected chi connectivity index (χ2v) is 8.41. The van der Waals surface area contributed by atoms with Crippen molar-refractivity contribution in [2.75, 3.05) is 40.6 Å². The number of nitrogens with zero attached hydrogens (tertiary/aromatic N) is 1. The number of hydrogen-bond acceptors (Lipinski definition) is 7. The molecule has 2 aromatic carbocycles. The van der Waals surface area contributed by atoms with E-state index in [2.05, 4.69) is 6.92 Å². The average Bonchev–Trinajstić information content (AvgIpc) is 3.14. The number of aliphatic hydroxyl groups excluding tert-OH is 1. The van der Waals surface area contributed by atoms with Crippen LogP contribution in [0.1, 0.15) is 50.3 Å². The number of likely N-dealkylation sites (tertiary alicyclic amines) is 1. The van der Waals surface area contributed by atoms with Gasteiger partial charge in [-0.25, -0.2) is 0 Å². The van der Waals surface area contributed by atoms with Gasteiger partial charge in [0.05, 0.1) is 31.9 Å². The summed E-state index contributed by atoms with van der Waals surface area (Å²) in [6, 6.07) is 11.3. The smallest absolute Gasteiger partial charge is 0.295 e. The molecular formula is C28H35NO7. The van der Waals surface area contributed by atoms with Gasteiger partial charge in [0.25, 0.3) is 11.7 Å². The number of benzene rings is 2. The van der Waals surface area contributed by atoms with Crippen LogP contribution in [0.3, 0.4) is 0 Å². The lowest BCUT2D eigenvalue weighted by Crippen LogP contribution is -2.31. The lowest BCUT2D eigenvalue weighted by molar-refractivity contribution is -0.140. The number of carbonyl (C=O) groups is 2. The number of hydrogen-bond donors (Lipinski definition) is 1. The van der Waals surface area contributed by atoms with Gasteiger partial charge in [-0.05, 0) is 61.7 Å². The average molecular weight is 498 g/mol. The first kappa shape index (κ1) is 27.1. The van der Waals surface area contributed by atoms with Gasteiger partial charge in [-0.3, -0.25) is 9.59 Å². The topological polar surface area (TPSA) is 94.5 Å². The van der Waals surface area contributed by atoms with E-state index in [-0.39, 0.29) is 11.3 Å². The molecule has 1 fully saturated rings. The predicted molar refractivity (Wildman–Crippen MR) is 137 cm³/mol. The van der Waals surface area contributed by atoms with Gasteiger partial charge in [-0.1, -0.05) is 19.4 Å². The molecule has 194 valence electrons. The molecule has 2 aromatic rings. The molecule has 1 aliphatic rings. The summed E-state index contributed by atoms with van der Waals surface area (Å²) < 4.78 is 22.1.